The minimum atomic E-state index is -0.669. The van der Waals surface area contributed by atoms with Gasteiger partial charge in [-0.05, 0) is 30.3 Å². The average Bonchev–Trinajstić information content (AvgIpc) is 3.27. The molecule has 3 heterocycles. The summed E-state index contributed by atoms with van der Waals surface area (Å²) in [6.07, 6.45) is 5.08. The summed E-state index contributed by atoms with van der Waals surface area (Å²) < 4.78 is 5.15. The highest BCUT2D eigenvalue weighted by molar-refractivity contribution is 6.35. The summed E-state index contributed by atoms with van der Waals surface area (Å²) >= 11 is 0. The first kappa shape index (κ1) is 20.0. The van der Waals surface area contributed by atoms with E-state index in [1.165, 1.54) is 6.26 Å². The zero-order valence-corrected chi connectivity index (χ0v) is 16.1. The van der Waals surface area contributed by atoms with Gasteiger partial charge in [-0.15, -0.1) is 0 Å². The molecule has 0 radical (unpaired) electrons. The number of pyridine rings is 1. The molecule has 0 unspecified atom stereocenters. The minimum absolute atomic E-state index is 0.0190. The van der Waals surface area contributed by atoms with E-state index >= 15 is 0 Å². The second-order valence-electron chi connectivity index (χ2n) is 6.74. The number of carbonyl (C=O) groups is 2. The van der Waals surface area contributed by atoms with Gasteiger partial charge in [-0.25, -0.2) is 0 Å². The molecule has 8 heteroatoms. The van der Waals surface area contributed by atoms with E-state index in [1.54, 1.807) is 18.3 Å². The number of nitrogens with one attached hydrogen (secondary N) is 2. The molecule has 0 spiro atoms. The zero-order chi connectivity index (χ0) is 19.8. The van der Waals surface area contributed by atoms with E-state index in [-0.39, 0.29) is 12.6 Å². The Kier molecular flexibility index (Phi) is 7.16. The van der Waals surface area contributed by atoms with Gasteiger partial charge in [-0.3, -0.25) is 19.5 Å². The van der Waals surface area contributed by atoms with Gasteiger partial charge in [-0.2, -0.15) is 0 Å². The largest absolute Gasteiger partial charge is 0.467 e. The van der Waals surface area contributed by atoms with Crippen LogP contribution in [0.2, 0.25) is 0 Å². The number of piperazine rings is 1. The molecule has 3 rings (SSSR count). The van der Waals surface area contributed by atoms with E-state index in [2.05, 4.69) is 32.3 Å². The lowest BCUT2D eigenvalue weighted by Gasteiger charge is -2.39. The molecule has 1 fully saturated rings. The van der Waals surface area contributed by atoms with Gasteiger partial charge in [0.2, 0.25) is 0 Å². The molecular formula is C20H27N5O3. The first-order valence-electron chi connectivity index (χ1n) is 9.62. The molecule has 0 aromatic carbocycles. The van der Waals surface area contributed by atoms with E-state index in [9.17, 15) is 9.59 Å². The van der Waals surface area contributed by atoms with Crippen LogP contribution in [0.15, 0.2) is 47.3 Å². The van der Waals surface area contributed by atoms with Crippen molar-refractivity contribution in [2.75, 3.05) is 39.3 Å². The molecule has 0 aliphatic carbocycles. The van der Waals surface area contributed by atoms with E-state index in [4.69, 9.17) is 4.42 Å². The molecule has 0 saturated carbocycles. The van der Waals surface area contributed by atoms with Crippen LogP contribution in [0.4, 0.5) is 0 Å². The summed E-state index contributed by atoms with van der Waals surface area (Å²) in [4.78, 5) is 33.2. The van der Waals surface area contributed by atoms with Crippen LogP contribution in [0.1, 0.15) is 24.3 Å². The highest BCUT2D eigenvalue weighted by atomic mass is 16.3. The van der Waals surface area contributed by atoms with Crippen molar-refractivity contribution in [2.24, 2.45) is 0 Å². The maximum Gasteiger partial charge on any atom is 0.309 e. The molecule has 2 amide bonds. The van der Waals surface area contributed by atoms with Crippen LogP contribution >= 0.6 is 0 Å². The Balaban J connectivity index is 1.56. The highest BCUT2D eigenvalue weighted by Gasteiger charge is 2.26. The Hall–Kier alpha value is -2.71. The van der Waals surface area contributed by atoms with Gasteiger partial charge >= 0.3 is 11.8 Å². The van der Waals surface area contributed by atoms with Crippen molar-refractivity contribution < 1.29 is 14.0 Å². The van der Waals surface area contributed by atoms with Crippen molar-refractivity contribution in [1.29, 1.82) is 0 Å². The average molecular weight is 385 g/mol. The molecule has 1 aliphatic heterocycles. The summed E-state index contributed by atoms with van der Waals surface area (Å²) in [5.41, 5.74) is 1.03. The molecule has 2 aromatic heterocycles. The van der Waals surface area contributed by atoms with Crippen molar-refractivity contribution >= 4 is 11.8 Å². The second kappa shape index (κ2) is 10.0. The van der Waals surface area contributed by atoms with Crippen LogP contribution < -0.4 is 10.6 Å². The number of aromatic nitrogens is 1. The van der Waals surface area contributed by atoms with Gasteiger partial charge in [-0.1, -0.05) is 13.0 Å². The maximum atomic E-state index is 12.2. The van der Waals surface area contributed by atoms with Crippen molar-refractivity contribution in [3.8, 4) is 0 Å². The van der Waals surface area contributed by atoms with Crippen molar-refractivity contribution in [2.45, 2.75) is 19.5 Å². The first-order chi connectivity index (χ1) is 13.7. The maximum absolute atomic E-state index is 12.2. The number of carbonyl (C=O) groups excluding carboxylic acids is 2. The predicted octanol–water partition coefficient (Wildman–Crippen LogP) is 0.786. The lowest BCUT2D eigenvalue weighted by atomic mass is 10.1. The summed E-state index contributed by atoms with van der Waals surface area (Å²) in [6.45, 7) is 7.54. The van der Waals surface area contributed by atoms with Crippen molar-refractivity contribution in [1.82, 2.24) is 25.4 Å². The molecule has 0 bridgehead atoms. The smallest absolute Gasteiger partial charge is 0.309 e. The predicted molar refractivity (Wildman–Crippen MR) is 104 cm³/mol. The van der Waals surface area contributed by atoms with Crippen LogP contribution in [0.3, 0.4) is 0 Å². The minimum Gasteiger partial charge on any atom is -0.467 e. The third-order valence-corrected chi connectivity index (χ3v) is 5.03. The standard InChI is InChI=1S/C20H27N5O3/c1-2-24-8-10-25(11-9-24)18(16-5-3-7-21-13-16)15-23-20(27)19(26)22-14-17-6-4-12-28-17/h3-7,12-13,18H,2,8-11,14-15H2,1H3,(H,22,26)(H,23,27)/t18-/m1/s1. The van der Waals surface area contributed by atoms with Crippen LogP contribution in [0.5, 0.6) is 0 Å². The Labute approximate surface area is 164 Å². The number of furan rings is 1. The number of hydrogen-bond donors (Lipinski definition) is 2. The van der Waals surface area contributed by atoms with Crippen LogP contribution in [-0.4, -0.2) is 65.9 Å². The van der Waals surface area contributed by atoms with Gasteiger partial charge in [0.1, 0.15) is 5.76 Å². The van der Waals surface area contributed by atoms with E-state index in [1.807, 2.05) is 18.3 Å². The quantitative estimate of drug-likeness (QED) is 0.685. The zero-order valence-electron chi connectivity index (χ0n) is 16.1. The van der Waals surface area contributed by atoms with Crippen molar-refractivity contribution in [3.63, 3.8) is 0 Å². The van der Waals surface area contributed by atoms with E-state index < -0.39 is 11.8 Å². The fourth-order valence-corrected chi connectivity index (χ4v) is 3.35. The van der Waals surface area contributed by atoms with Gasteiger partial charge in [0.05, 0.1) is 18.8 Å². The lowest BCUT2D eigenvalue weighted by molar-refractivity contribution is -0.139. The molecule has 1 aliphatic rings. The number of rotatable bonds is 7. The fourth-order valence-electron chi connectivity index (χ4n) is 3.35. The Morgan fingerprint density at radius 1 is 1.14 bits per heavy atom. The number of nitrogens with zero attached hydrogens (tertiary/aromatic N) is 3. The Bertz CT molecular complexity index is 742. The molecule has 8 nitrogen and oxygen atoms in total. The van der Waals surface area contributed by atoms with Crippen molar-refractivity contribution in [3.05, 3.63) is 54.2 Å². The third-order valence-electron chi connectivity index (χ3n) is 5.03. The van der Waals surface area contributed by atoms with E-state index in [0.717, 1.165) is 38.3 Å². The number of likely N-dealkylation sites (N-methyl/N-ethyl adjacent to an activating group) is 1. The molecule has 1 saturated heterocycles. The van der Waals surface area contributed by atoms with Crippen LogP contribution in [-0.2, 0) is 16.1 Å². The third kappa shape index (κ3) is 5.40. The summed E-state index contributed by atoms with van der Waals surface area (Å²) in [5, 5.41) is 5.33. The topological polar surface area (TPSA) is 90.7 Å². The summed E-state index contributed by atoms with van der Waals surface area (Å²) in [7, 11) is 0. The Morgan fingerprint density at radius 2 is 1.93 bits per heavy atom. The number of amides is 2. The molecule has 1 atom stereocenters. The van der Waals surface area contributed by atoms with Crippen LogP contribution in [0.25, 0.3) is 0 Å². The van der Waals surface area contributed by atoms with Gasteiger partial charge < -0.3 is 20.0 Å². The van der Waals surface area contributed by atoms with E-state index in [0.29, 0.717) is 12.3 Å². The monoisotopic (exact) mass is 385 g/mol. The normalized spacial score (nSPS) is 16.5. The summed E-state index contributed by atoms with van der Waals surface area (Å²) in [6, 6.07) is 7.36. The van der Waals surface area contributed by atoms with Gasteiger partial charge in [0, 0.05) is 45.1 Å². The SMILES string of the molecule is CCN1CCN([C@H](CNC(=O)C(=O)NCc2ccco2)c2cccnc2)CC1. The second-order valence-corrected chi connectivity index (χ2v) is 6.74. The molecule has 2 N–H and O–H groups in total. The number of hydrogen-bond acceptors (Lipinski definition) is 6. The highest BCUT2D eigenvalue weighted by Crippen LogP contribution is 2.21. The van der Waals surface area contributed by atoms with Gasteiger partial charge in [0.15, 0.2) is 0 Å². The van der Waals surface area contributed by atoms with Gasteiger partial charge in [0.25, 0.3) is 0 Å². The first-order valence-corrected chi connectivity index (χ1v) is 9.62. The fraction of sp³-hybridized carbons (Fsp3) is 0.450. The Morgan fingerprint density at radius 3 is 2.57 bits per heavy atom. The molecule has 150 valence electrons. The molecule has 2 aromatic rings. The summed E-state index contributed by atoms with van der Waals surface area (Å²) in [5.74, 6) is -0.715. The lowest BCUT2D eigenvalue weighted by Crippen LogP contribution is -2.50. The van der Waals surface area contributed by atoms with Crippen LogP contribution in [0, 0.1) is 0 Å². The molecular weight excluding hydrogens is 358 g/mol. The molecule has 28 heavy (non-hydrogen) atoms.